The summed E-state index contributed by atoms with van der Waals surface area (Å²) in [4.78, 5) is 0. The molecule has 0 aromatic rings. The molecule has 6 heteroatoms. The van der Waals surface area contributed by atoms with Gasteiger partial charge in [0.1, 0.15) is 0 Å². The number of hydrogen-bond acceptors (Lipinski definition) is 0. The van der Waals surface area contributed by atoms with Crippen molar-refractivity contribution < 1.29 is 26.3 Å². The van der Waals surface area contributed by atoms with E-state index in [0.717, 1.165) is 6.08 Å². The lowest BCUT2D eigenvalue weighted by molar-refractivity contribution is -0.106. The first-order chi connectivity index (χ1) is 7.16. The Kier molecular flexibility index (Phi) is 3.21. The molecule has 0 aliphatic heterocycles. The molecule has 0 nitrogen and oxygen atoms in total. The van der Waals surface area contributed by atoms with Crippen molar-refractivity contribution in [3.05, 3.63) is 36.0 Å². The average Bonchev–Trinajstić information content (AvgIpc) is 2.14. The van der Waals surface area contributed by atoms with Crippen molar-refractivity contribution in [2.45, 2.75) is 18.8 Å². The first kappa shape index (κ1) is 12.9. The van der Waals surface area contributed by atoms with Crippen molar-refractivity contribution in [1.29, 1.82) is 0 Å². The summed E-state index contributed by atoms with van der Waals surface area (Å²) in [5.74, 6) is -1.33. The van der Waals surface area contributed by atoms with Crippen LogP contribution in [0.15, 0.2) is 36.0 Å². The molecule has 0 radical (unpaired) electrons. The molecule has 0 fully saturated rings. The molecule has 0 saturated heterocycles. The monoisotopic (exact) mass is 242 g/mol. The molecule has 1 unspecified atom stereocenters. The van der Waals surface area contributed by atoms with Gasteiger partial charge < -0.3 is 0 Å². The second-order valence-electron chi connectivity index (χ2n) is 3.36. The zero-order valence-electron chi connectivity index (χ0n) is 7.99. The Morgan fingerprint density at radius 3 is 2.00 bits per heavy atom. The van der Waals surface area contributed by atoms with Gasteiger partial charge in [0.15, 0.2) is 0 Å². The number of alkyl halides is 6. The van der Waals surface area contributed by atoms with Gasteiger partial charge in [-0.05, 0) is 6.42 Å². The smallest absolute Gasteiger partial charge is 0.166 e. The van der Waals surface area contributed by atoms with Gasteiger partial charge >= 0.3 is 12.4 Å². The van der Waals surface area contributed by atoms with E-state index in [1.165, 1.54) is 0 Å². The van der Waals surface area contributed by atoms with Gasteiger partial charge in [0.05, 0.1) is 0 Å². The third kappa shape index (κ3) is 2.68. The maximum atomic E-state index is 12.4. The largest absolute Gasteiger partial charge is 0.413 e. The SMILES string of the molecule is C=CC1CC(C(F)(F)F)=CC=C1C(F)(F)F. The predicted molar refractivity (Wildman–Crippen MR) is 46.6 cm³/mol. The highest BCUT2D eigenvalue weighted by atomic mass is 19.4. The van der Waals surface area contributed by atoms with Gasteiger partial charge in [0.2, 0.25) is 0 Å². The van der Waals surface area contributed by atoms with Crippen molar-refractivity contribution in [3.8, 4) is 0 Å². The van der Waals surface area contributed by atoms with Crippen LogP contribution in [0.5, 0.6) is 0 Å². The van der Waals surface area contributed by atoms with Gasteiger partial charge in [-0.2, -0.15) is 26.3 Å². The molecule has 0 aromatic heterocycles. The van der Waals surface area contributed by atoms with Crippen LogP contribution in [0.4, 0.5) is 26.3 Å². The van der Waals surface area contributed by atoms with Crippen LogP contribution in [-0.2, 0) is 0 Å². The Morgan fingerprint density at radius 2 is 1.62 bits per heavy atom. The molecule has 1 aliphatic rings. The van der Waals surface area contributed by atoms with E-state index >= 15 is 0 Å². The Hall–Kier alpha value is -1.20. The fourth-order valence-electron chi connectivity index (χ4n) is 1.45. The standard InChI is InChI=1S/C10H8F6/c1-2-6-5-7(9(11,12)13)3-4-8(6)10(14,15)16/h2-4,6H,1,5H2. The molecule has 1 aliphatic carbocycles. The fraction of sp³-hybridized carbons (Fsp3) is 0.400. The summed E-state index contributed by atoms with van der Waals surface area (Å²) < 4.78 is 73.9. The second kappa shape index (κ2) is 3.99. The Morgan fingerprint density at radius 1 is 1.06 bits per heavy atom. The van der Waals surface area contributed by atoms with Crippen LogP contribution in [0, 0.1) is 5.92 Å². The summed E-state index contributed by atoms with van der Waals surface area (Å²) in [6, 6.07) is 0. The van der Waals surface area contributed by atoms with E-state index in [1.54, 1.807) is 0 Å². The highest BCUT2D eigenvalue weighted by Gasteiger charge is 2.43. The summed E-state index contributed by atoms with van der Waals surface area (Å²) in [6.07, 6.45) is -8.08. The number of hydrogen-bond donors (Lipinski definition) is 0. The first-order valence-electron chi connectivity index (χ1n) is 4.34. The van der Waals surface area contributed by atoms with Gasteiger partial charge in [0.25, 0.3) is 0 Å². The third-order valence-corrected chi connectivity index (χ3v) is 2.28. The van der Waals surface area contributed by atoms with Crippen molar-refractivity contribution >= 4 is 0 Å². The van der Waals surface area contributed by atoms with Crippen LogP contribution in [0.25, 0.3) is 0 Å². The van der Waals surface area contributed by atoms with Crippen LogP contribution in [-0.4, -0.2) is 12.4 Å². The zero-order valence-corrected chi connectivity index (χ0v) is 7.99. The summed E-state index contributed by atoms with van der Waals surface area (Å²) in [5.41, 5.74) is -1.96. The van der Waals surface area contributed by atoms with E-state index in [-0.39, 0.29) is 0 Å². The van der Waals surface area contributed by atoms with Crippen molar-refractivity contribution in [3.63, 3.8) is 0 Å². The molecule has 90 valence electrons. The minimum atomic E-state index is -4.62. The topological polar surface area (TPSA) is 0 Å². The van der Waals surface area contributed by atoms with E-state index in [9.17, 15) is 26.3 Å². The zero-order chi connectivity index (χ0) is 12.6. The molecule has 0 N–H and O–H groups in total. The predicted octanol–water partition coefficient (Wildman–Crippen LogP) is 4.17. The van der Waals surface area contributed by atoms with Crippen molar-refractivity contribution in [2.24, 2.45) is 5.92 Å². The highest BCUT2D eigenvalue weighted by Crippen LogP contribution is 2.41. The molecule has 0 amide bonds. The van der Waals surface area contributed by atoms with Gasteiger partial charge in [0, 0.05) is 17.1 Å². The molecule has 0 spiro atoms. The normalized spacial score (nSPS) is 22.5. The van der Waals surface area contributed by atoms with E-state index in [1.807, 2.05) is 0 Å². The van der Waals surface area contributed by atoms with E-state index in [0.29, 0.717) is 12.2 Å². The number of halogens is 6. The average molecular weight is 242 g/mol. The first-order valence-corrected chi connectivity index (χ1v) is 4.34. The Balaban J connectivity index is 3.08. The summed E-state index contributed by atoms with van der Waals surface area (Å²) >= 11 is 0. The van der Waals surface area contributed by atoms with Crippen molar-refractivity contribution in [1.82, 2.24) is 0 Å². The summed E-state index contributed by atoms with van der Waals surface area (Å²) in [6.45, 7) is 3.13. The number of allylic oxidation sites excluding steroid dienone is 5. The van der Waals surface area contributed by atoms with Gasteiger partial charge in [-0.1, -0.05) is 18.2 Å². The second-order valence-corrected chi connectivity index (χ2v) is 3.36. The Bertz CT molecular complexity index is 341. The van der Waals surface area contributed by atoms with Gasteiger partial charge in [-0.3, -0.25) is 0 Å². The highest BCUT2D eigenvalue weighted by molar-refractivity contribution is 5.33. The van der Waals surface area contributed by atoms with E-state index in [2.05, 4.69) is 6.58 Å². The van der Waals surface area contributed by atoms with Crippen LogP contribution >= 0.6 is 0 Å². The van der Waals surface area contributed by atoms with Gasteiger partial charge in [-0.15, -0.1) is 6.58 Å². The Labute approximate surface area is 87.9 Å². The molecular formula is C10H8F6. The van der Waals surface area contributed by atoms with Crippen molar-refractivity contribution in [2.75, 3.05) is 0 Å². The fourth-order valence-corrected chi connectivity index (χ4v) is 1.45. The molecule has 0 bridgehead atoms. The molecule has 0 aromatic carbocycles. The molecule has 0 saturated carbocycles. The molecule has 1 atom stereocenters. The minimum absolute atomic E-state index is 0.471. The summed E-state index contributed by atoms with van der Waals surface area (Å²) in [5, 5.41) is 0. The van der Waals surface area contributed by atoms with Crippen LogP contribution < -0.4 is 0 Å². The molecule has 1 rings (SSSR count). The molecule has 0 heterocycles. The quantitative estimate of drug-likeness (QED) is 0.478. The lowest BCUT2D eigenvalue weighted by atomic mass is 9.86. The lowest BCUT2D eigenvalue weighted by Crippen LogP contribution is -2.24. The summed E-state index contributed by atoms with van der Waals surface area (Å²) in [7, 11) is 0. The third-order valence-electron chi connectivity index (χ3n) is 2.28. The molecular weight excluding hydrogens is 234 g/mol. The molecule has 16 heavy (non-hydrogen) atoms. The van der Waals surface area contributed by atoms with E-state index in [4.69, 9.17) is 0 Å². The van der Waals surface area contributed by atoms with Gasteiger partial charge in [-0.25, -0.2) is 0 Å². The van der Waals surface area contributed by atoms with Crippen LogP contribution in [0.2, 0.25) is 0 Å². The van der Waals surface area contributed by atoms with Crippen LogP contribution in [0.3, 0.4) is 0 Å². The van der Waals surface area contributed by atoms with E-state index < -0.39 is 35.8 Å². The maximum Gasteiger partial charge on any atom is 0.413 e. The minimum Gasteiger partial charge on any atom is -0.166 e. The maximum absolute atomic E-state index is 12.4. The number of rotatable bonds is 1. The van der Waals surface area contributed by atoms with Crippen LogP contribution in [0.1, 0.15) is 6.42 Å². The lowest BCUT2D eigenvalue weighted by Gasteiger charge is -2.25.